The van der Waals surface area contributed by atoms with E-state index >= 15 is 0 Å². The molecule has 2 N–H and O–H groups in total. The van der Waals surface area contributed by atoms with Gasteiger partial charge in [0, 0.05) is 5.92 Å². The van der Waals surface area contributed by atoms with Crippen LogP contribution < -0.4 is 5.46 Å². The summed E-state index contributed by atoms with van der Waals surface area (Å²) in [6.45, 7) is 1.48. The maximum Gasteiger partial charge on any atom is 0.488 e. The highest BCUT2D eigenvalue weighted by atomic mass is 16.5. The van der Waals surface area contributed by atoms with Gasteiger partial charge >= 0.3 is 7.12 Å². The van der Waals surface area contributed by atoms with Crippen molar-refractivity contribution in [3.8, 4) is 0 Å². The molecule has 0 unspecified atom stereocenters. The first-order valence-electron chi connectivity index (χ1n) is 4.31. The average Bonchev–Trinajstić information content (AvgIpc) is 2.01. The summed E-state index contributed by atoms with van der Waals surface area (Å²) in [5, 5.41) is 17.9. The van der Waals surface area contributed by atoms with E-state index < -0.39 is 7.12 Å². The highest BCUT2D eigenvalue weighted by Crippen LogP contribution is 2.22. The van der Waals surface area contributed by atoms with Crippen LogP contribution in [0.25, 0.3) is 0 Å². The van der Waals surface area contributed by atoms with Crippen LogP contribution in [0.2, 0.25) is 0 Å². The number of benzene rings is 1. The number of rotatable bonds is 2. The second-order valence-corrected chi connectivity index (χ2v) is 3.28. The summed E-state index contributed by atoms with van der Waals surface area (Å²) >= 11 is 0. The smallest absolute Gasteiger partial charge is 0.423 e. The lowest BCUT2D eigenvalue weighted by molar-refractivity contribution is 0.00844. The van der Waals surface area contributed by atoms with Crippen molar-refractivity contribution in [1.82, 2.24) is 0 Å². The Morgan fingerprint density at radius 2 is 2.08 bits per heavy atom. The number of ether oxygens (including phenoxy) is 1. The van der Waals surface area contributed by atoms with Gasteiger partial charge in [-0.1, -0.05) is 24.3 Å². The molecule has 4 heteroatoms. The predicted octanol–water partition coefficient (Wildman–Crippen LogP) is -0.520. The van der Waals surface area contributed by atoms with E-state index in [-0.39, 0.29) is 0 Å². The zero-order valence-electron chi connectivity index (χ0n) is 7.18. The van der Waals surface area contributed by atoms with Crippen molar-refractivity contribution in [2.75, 3.05) is 13.2 Å². The largest absolute Gasteiger partial charge is 0.488 e. The summed E-state index contributed by atoms with van der Waals surface area (Å²) < 4.78 is 5.06. The minimum Gasteiger partial charge on any atom is -0.423 e. The van der Waals surface area contributed by atoms with Gasteiger partial charge < -0.3 is 14.8 Å². The maximum absolute atomic E-state index is 8.94. The van der Waals surface area contributed by atoms with Crippen molar-refractivity contribution in [3.05, 3.63) is 29.8 Å². The molecule has 2 rings (SSSR count). The molecule has 0 saturated carbocycles. The topological polar surface area (TPSA) is 49.7 Å². The van der Waals surface area contributed by atoms with Gasteiger partial charge in [0.1, 0.15) is 0 Å². The van der Waals surface area contributed by atoms with Crippen LogP contribution in [0.3, 0.4) is 0 Å². The van der Waals surface area contributed by atoms with Crippen LogP contribution in [-0.2, 0) is 4.74 Å². The summed E-state index contributed by atoms with van der Waals surface area (Å²) in [6, 6.07) is 7.34. The van der Waals surface area contributed by atoms with E-state index in [1.807, 2.05) is 18.2 Å². The molecule has 1 saturated heterocycles. The van der Waals surface area contributed by atoms with E-state index in [0.29, 0.717) is 11.4 Å². The van der Waals surface area contributed by atoms with Gasteiger partial charge in [-0.05, 0) is 11.0 Å². The minimum absolute atomic E-state index is 0.429. The van der Waals surface area contributed by atoms with Crippen molar-refractivity contribution in [1.29, 1.82) is 0 Å². The Kier molecular flexibility index (Phi) is 2.35. The van der Waals surface area contributed by atoms with Crippen molar-refractivity contribution in [3.63, 3.8) is 0 Å². The first kappa shape index (κ1) is 8.75. The summed E-state index contributed by atoms with van der Waals surface area (Å²) in [5.74, 6) is 0.429. The molecule has 0 radical (unpaired) electrons. The summed E-state index contributed by atoms with van der Waals surface area (Å²) in [6.07, 6.45) is 0. The molecule has 0 atom stereocenters. The standard InChI is InChI=1S/C9H11BO3/c11-10(12)9-3-1-2-7(4-9)8-5-13-6-8/h1-4,8,11-12H,5-6H2. The molecule has 13 heavy (non-hydrogen) atoms. The molecule has 1 fully saturated rings. The first-order valence-corrected chi connectivity index (χ1v) is 4.31. The monoisotopic (exact) mass is 178 g/mol. The maximum atomic E-state index is 8.94. The van der Waals surface area contributed by atoms with Gasteiger partial charge in [-0.2, -0.15) is 0 Å². The van der Waals surface area contributed by atoms with Crippen LogP contribution in [0, 0.1) is 0 Å². The molecule has 1 aromatic carbocycles. The van der Waals surface area contributed by atoms with E-state index in [9.17, 15) is 0 Å². The van der Waals surface area contributed by atoms with Crippen LogP contribution in [0.4, 0.5) is 0 Å². The van der Waals surface area contributed by atoms with Crippen molar-refractivity contribution in [2.24, 2.45) is 0 Å². The molecule has 0 bridgehead atoms. The molecular weight excluding hydrogens is 167 g/mol. The third kappa shape index (κ3) is 1.75. The van der Waals surface area contributed by atoms with E-state index in [2.05, 4.69) is 0 Å². The van der Waals surface area contributed by atoms with Gasteiger partial charge in [0.05, 0.1) is 13.2 Å². The molecule has 1 aliphatic rings. The Morgan fingerprint density at radius 3 is 2.62 bits per heavy atom. The third-order valence-corrected chi connectivity index (χ3v) is 2.32. The fourth-order valence-electron chi connectivity index (χ4n) is 1.40. The summed E-state index contributed by atoms with van der Waals surface area (Å²) in [5.41, 5.74) is 1.67. The van der Waals surface area contributed by atoms with Crippen LogP contribution in [0.1, 0.15) is 11.5 Å². The molecule has 1 heterocycles. The average molecular weight is 178 g/mol. The number of hydrogen-bond acceptors (Lipinski definition) is 3. The van der Waals surface area contributed by atoms with Gasteiger partial charge in [-0.25, -0.2) is 0 Å². The Labute approximate surface area is 77.1 Å². The van der Waals surface area contributed by atoms with Gasteiger partial charge in [0.25, 0.3) is 0 Å². The lowest BCUT2D eigenvalue weighted by Gasteiger charge is -2.26. The fraction of sp³-hybridized carbons (Fsp3) is 0.333. The van der Waals surface area contributed by atoms with Crippen molar-refractivity contribution >= 4 is 12.6 Å². The second kappa shape index (κ2) is 3.50. The first-order chi connectivity index (χ1) is 6.27. The Balaban J connectivity index is 2.21. The molecule has 0 amide bonds. The van der Waals surface area contributed by atoms with Gasteiger partial charge in [0.15, 0.2) is 0 Å². The molecule has 0 aromatic heterocycles. The summed E-state index contributed by atoms with van der Waals surface area (Å²) in [7, 11) is -1.37. The Morgan fingerprint density at radius 1 is 1.31 bits per heavy atom. The van der Waals surface area contributed by atoms with Gasteiger partial charge in [0.2, 0.25) is 0 Å². The van der Waals surface area contributed by atoms with Crippen LogP contribution in [0.5, 0.6) is 0 Å². The second-order valence-electron chi connectivity index (χ2n) is 3.28. The summed E-state index contributed by atoms with van der Waals surface area (Å²) in [4.78, 5) is 0. The SMILES string of the molecule is OB(O)c1cccc(C2COC2)c1. The highest BCUT2D eigenvalue weighted by Gasteiger charge is 2.21. The molecule has 0 spiro atoms. The van der Waals surface area contributed by atoms with E-state index in [0.717, 1.165) is 18.8 Å². The van der Waals surface area contributed by atoms with E-state index in [4.69, 9.17) is 14.8 Å². The number of hydrogen-bond donors (Lipinski definition) is 2. The Bertz CT molecular complexity index is 297. The van der Waals surface area contributed by atoms with E-state index in [1.165, 1.54) is 0 Å². The molecule has 68 valence electrons. The molecule has 0 aliphatic carbocycles. The van der Waals surface area contributed by atoms with Crippen LogP contribution in [-0.4, -0.2) is 30.4 Å². The van der Waals surface area contributed by atoms with Gasteiger partial charge in [-0.15, -0.1) is 0 Å². The fourth-order valence-corrected chi connectivity index (χ4v) is 1.40. The molecule has 3 nitrogen and oxygen atoms in total. The zero-order chi connectivity index (χ0) is 9.26. The normalized spacial score (nSPS) is 16.8. The van der Waals surface area contributed by atoms with Gasteiger partial charge in [-0.3, -0.25) is 0 Å². The molecular formula is C9H11BO3. The van der Waals surface area contributed by atoms with Crippen molar-refractivity contribution in [2.45, 2.75) is 5.92 Å². The molecule has 1 aliphatic heterocycles. The van der Waals surface area contributed by atoms with Crippen LogP contribution in [0.15, 0.2) is 24.3 Å². The zero-order valence-corrected chi connectivity index (χ0v) is 7.18. The highest BCUT2D eigenvalue weighted by molar-refractivity contribution is 6.58. The van der Waals surface area contributed by atoms with Crippen LogP contribution >= 0.6 is 0 Å². The quantitative estimate of drug-likeness (QED) is 0.599. The predicted molar refractivity (Wildman–Crippen MR) is 49.8 cm³/mol. The van der Waals surface area contributed by atoms with Crippen molar-refractivity contribution < 1.29 is 14.8 Å². The molecule has 1 aromatic rings. The lowest BCUT2D eigenvalue weighted by atomic mass is 9.78. The van der Waals surface area contributed by atoms with E-state index in [1.54, 1.807) is 6.07 Å². The minimum atomic E-state index is -1.37. The Hall–Kier alpha value is -0.835. The third-order valence-electron chi connectivity index (χ3n) is 2.32. The lowest BCUT2D eigenvalue weighted by Crippen LogP contribution is -2.32.